The van der Waals surface area contributed by atoms with E-state index < -0.39 is 0 Å². The van der Waals surface area contributed by atoms with Crippen molar-refractivity contribution in [2.24, 2.45) is 0 Å². The summed E-state index contributed by atoms with van der Waals surface area (Å²) in [5, 5.41) is 12.1. The third-order valence-corrected chi connectivity index (χ3v) is 3.34. The minimum Gasteiger partial charge on any atom is -0.494 e. The lowest BCUT2D eigenvalue weighted by Crippen LogP contribution is -2.27. The standard InChI is InChI=1S/C17H29NO2/c1-3-18-15(2)14-16-8-10-17(11-9-16)20-13-7-5-4-6-12-19/h8-11,15,18-19H,3-7,12-14H2,1-2H3. The number of benzene rings is 1. The highest BCUT2D eigenvalue weighted by molar-refractivity contribution is 5.27. The Labute approximate surface area is 123 Å². The summed E-state index contributed by atoms with van der Waals surface area (Å²) in [5.41, 5.74) is 1.34. The van der Waals surface area contributed by atoms with Gasteiger partial charge >= 0.3 is 0 Å². The van der Waals surface area contributed by atoms with Gasteiger partial charge in [0.05, 0.1) is 6.61 Å². The van der Waals surface area contributed by atoms with Gasteiger partial charge in [-0.25, -0.2) is 0 Å². The average Bonchev–Trinajstić information content (AvgIpc) is 2.45. The molecule has 1 aromatic carbocycles. The van der Waals surface area contributed by atoms with Gasteiger partial charge in [0.15, 0.2) is 0 Å². The Hall–Kier alpha value is -1.06. The van der Waals surface area contributed by atoms with E-state index in [1.165, 1.54) is 5.56 Å². The average molecular weight is 279 g/mol. The van der Waals surface area contributed by atoms with Crippen molar-refractivity contribution in [3.8, 4) is 5.75 Å². The van der Waals surface area contributed by atoms with Crippen LogP contribution in [0.5, 0.6) is 5.75 Å². The lowest BCUT2D eigenvalue weighted by molar-refractivity contribution is 0.273. The fourth-order valence-corrected chi connectivity index (χ4v) is 2.25. The number of aliphatic hydroxyl groups excluding tert-OH is 1. The first kappa shape index (κ1) is 17.0. The molecule has 2 N–H and O–H groups in total. The van der Waals surface area contributed by atoms with Crippen LogP contribution in [-0.2, 0) is 6.42 Å². The fourth-order valence-electron chi connectivity index (χ4n) is 2.25. The predicted molar refractivity (Wildman–Crippen MR) is 84.3 cm³/mol. The fraction of sp³-hybridized carbons (Fsp3) is 0.647. The van der Waals surface area contributed by atoms with Gasteiger partial charge in [0, 0.05) is 12.6 Å². The van der Waals surface area contributed by atoms with Crippen LogP contribution in [0.25, 0.3) is 0 Å². The maximum atomic E-state index is 8.69. The third-order valence-electron chi connectivity index (χ3n) is 3.34. The molecule has 0 saturated carbocycles. The second-order valence-electron chi connectivity index (χ2n) is 5.29. The van der Waals surface area contributed by atoms with E-state index in [1.807, 2.05) is 0 Å². The molecule has 0 spiro atoms. The van der Waals surface area contributed by atoms with Gasteiger partial charge in [0.25, 0.3) is 0 Å². The lowest BCUT2D eigenvalue weighted by Gasteiger charge is -2.12. The number of likely N-dealkylation sites (N-methyl/N-ethyl adjacent to an activating group) is 1. The number of aliphatic hydroxyl groups is 1. The van der Waals surface area contributed by atoms with Gasteiger partial charge in [0.1, 0.15) is 5.75 Å². The molecular formula is C17H29NO2. The highest BCUT2D eigenvalue weighted by Crippen LogP contribution is 2.14. The number of nitrogens with one attached hydrogen (secondary N) is 1. The maximum absolute atomic E-state index is 8.69. The van der Waals surface area contributed by atoms with Crippen LogP contribution in [0, 0.1) is 0 Å². The lowest BCUT2D eigenvalue weighted by atomic mass is 10.1. The predicted octanol–water partition coefficient (Wildman–Crippen LogP) is 3.16. The Kier molecular flexibility index (Phi) is 9.09. The monoisotopic (exact) mass is 279 g/mol. The molecule has 1 rings (SSSR count). The van der Waals surface area contributed by atoms with E-state index in [-0.39, 0.29) is 0 Å². The van der Waals surface area contributed by atoms with Crippen molar-refractivity contribution >= 4 is 0 Å². The number of hydrogen-bond donors (Lipinski definition) is 2. The van der Waals surface area contributed by atoms with Crippen LogP contribution in [0.1, 0.15) is 45.1 Å². The zero-order valence-electron chi connectivity index (χ0n) is 12.9. The quantitative estimate of drug-likeness (QED) is 0.611. The molecule has 1 aromatic rings. The van der Waals surface area contributed by atoms with Gasteiger partial charge in [-0.3, -0.25) is 0 Å². The zero-order valence-corrected chi connectivity index (χ0v) is 12.9. The summed E-state index contributed by atoms with van der Waals surface area (Å²) in [5.74, 6) is 0.951. The van der Waals surface area contributed by atoms with Crippen molar-refractivity contribution in [1.29, 1.82) is 0 Å². The summed E-state index contributed by atoms with van der Waals surface area (Å²) in [6.07, 6.45) is 5.22. The molecule has 0 fully saturated rings. The Morgan fingerprint density at radius 2 is 1.80 bits per heavy atom. The van der Waals surface area contributed by atoms with E-state index in [0.29, 0.717) is 12.6 Å². The van der Waals surface area contributed by atoms with E-state index in [1.54, 1.807) is 0 Å². The number of hydrogen-bond acceptors (Lipinski definition) is 3. The molecule has 0 bridgehead atoms. The summed E-state index contributed by atoms with van der Waals surface area (Å²) < 4.78 is 5.72. The molecule has 3 heteroatoms. The molecule has 1 atom stereocenters. The number of rotatable bonds is 11. The van der Waals surface area contributed by atoms with Crippen molar-refractivity contribution in [2.45, 2.75) is 52.0 Å². The number of unbranched alkanes of at least 4 members (excludes halogenated alkanes) is 3. The topological polar surface area (TPSA) is 41.5 Å². The second-order valence-corrected chi connectivity index (χ2v) is 5.29. The number of ether oxygens (including phenoxy) is 1. The van der Waals surface area contributed by atoms with Gasteiger partial charge in [-0.1, -0.05) is 25.5 Å². The summed E-state index contributed by atoms with van der Waals surface area (Å²) in [6.45, 7) is 6.42. The summed E-state index contributed by atoms with van der Waals surface area (Å²) >= 11 is 0. The van der Waals surface area contributed by atoms with Crippen molar-refractivity contribution < 1.29 is 9.84 Å². The van der Waals surface area contributed by atoms with Gasteiger partial charge in [-0.05, 0) is 56.8 Å². The normalized spacial score (nSPS) is 12.3. The van der Waals surface area contributed by atoms with Crippen LogP contribution < -0.4 is 10.1 Å². The minimum absolute atomic E-state index is 0.299. The Bertz CT molecular complexity index is 337. The van der Waals surface area contributed by atoms with Crippen LogP contribution in [0.3, 0.4) is 0 Å². The molecule has 0 radical (unpaired) electrons. The maximum Gasteiger partial charge on any atom is 0.119 e. The molecule has 0 aliphatic rings. The Balaban J connectivity index is 2.21. The molecule has 0 heterocycles. The Morgan fingerprint density at radius 3 is 2.45 bits per heavy atom. The molecule has 1 unspecified atom stereocenters. The van der Waals surface area contributed by atoms with Gasteiger partial charge < -0.3 is 15.2 Å². The van der Waals surface area contributed by atoms with Crippen LogP contribution in [0.4, 0.5) is 0 Å². The minimum atomic E-state index is 0.299. The zero-order chi connectivity index (χ0) is 14.6. The van der Waals surface area contributed by atoms with Crippen LogP contribution in [0.2, 0.25) is 0 Å². The molecule has 3 nitrogen and oxygen atoms in total. The first-order chi connectivity index (χ1) is 9.76. The largest absolute Gasteiger partial charge is 0.494 e. The van der Waals surface area contributed by atoms with Crippen molar-refractivity contribution in [1.82, 2.24) is 5.32 Å². The van der Waals surface area contributed by atoms with E-state index in [0.717, 1.165) is 51.0 Å². The molecular weight excluding hydrogens is 250 g/mol. The van der Waals surface area contributed by atoms with Crippen molar-refractivity contribution in [2.75, 3.05) is 19.8 Å². The first-order valence-corrected chi connectivity index (χ1v) is 7.82. The molecule has 20 heavy (non-hydrogen) atoms. The van der Waals surface area contributed by atoms with E-state index in [4.69, 9.17) is 9.84 Å². The van der Waals surface area contributed by atoms with Crippen molar-refractivity contribution in [3.63, 3.8) is 0 Å². The first-order valence-electron chi connectivity index (χ1n) is 7.82. The van der Waals surface area contributed by atoms with Crippen LogP contribution >= 0.6 is 0 Å². The summed E-state index contributed by atoms with van der Waals surface area (Å²) in [4.78, 5) is 0. The molecule has 0 amide bonds. The highest BCUT2D eigenvalue weighted by atomic mass is 16.5. The Morgan fingerprint density at radius 1 is 1.10 bits per heavy atom. The van der Waals surface area contributed by atoms with E-state index in [2.05, 4.69) is 43.4 Å². The van der Waals surface area contributed by atoms with Gasteiger partial charge in [-0.15, -0.1) is 0 Å². The molecule has 0 aliphatic heterocycles. The van der Waals surface area contributed by atoms with E-state index in [9.17, 15) is 0 Å². The molecule has 0 aliphatic carbocycles. The molecule has 0 aromatic heterocycles. The SMILES string of the molecule is CCNC(C)Cc1ccc(OCCCCCCO)cc1. The summed E-state index contributed by atoms with van der Waals surface area (Å²) in [6, 6.07) is 8.92. The highest BCUT2D eigenvalue weighted by Gasteiger charge is 2.02. The third kappa shape index (κ3) is 7.51. The van der Waals surface area contributed by atoms with Crippen LogP contribution in [-0.4, -0.2) is 30.9 Å². The molecule has 114 valence electrons. The molecule has 0 saturated heterocycles. The van der Waals surface area contributed by atoms with Crippen LogP contribution in [0.15, 0.2) is 24.3 Å². The summed E-state index contributed by atoms with van der Waals surface area (Å²) in [7, 11) is 0. The van der Waals surface area contributed by atoms with E-state index >= 15 is 0 Å². The van der Waals surface area contributed by atoms with Gasteiger partial charge in [-0.2, -0.15) is 0 Å². The smallest absolute Gasteiger partial charge is 0.119 e. The second kappa shape index (κ2) is 10.7. The van der Waals surface area contributed by atoms with Gasteiger partial charge in [0.2, 0.25) is 0 Å². The van der Waals surface area contributed by atoms with Crippen molar-refractivity contribution in [3.05, 3.63) is 29.8 Å².